The molecule has 0 saturated carbocycles. The highest BCUT2D eigenvalue weighted by atomic mass is 35.5. The summed E-state index contributed by atoms with van der Waals surface area (Å²) in [6, 6.07) is 4.96. The van der Waals surface area contributed by atoms with Gasteiger partial charge in [-0.3, -0.25) is 14.5 Å². The molecule has 2 aliphatic heterocycles. The molecule has 4 heterocycles. The Hall–Kier alpha value is -3.18. The molecule has 3 amide bonds. The molecule has 18 heteroatoms. The topological polar surface area (TPSA) is 179 Å². The lowest BCUT2D eigenvalue weighted by molar-refractivity contribution is -0.697. The number of carbonyl (C=O) groups excluding carboxylic acids is 3. The Bertz CT molecular complexity index is 1590. The lowest BCUT2D eigenvalue weighted by Gasteiger charge is -2.49. The van der Waals surface area contributed by atoms with E-state index in [0.29, 0.717) is 34.9 Å². The summed E-state index contributed by atoms with van der Waals surface area (Å²) in [6.07, 6.45) is 3.57. The van der Waals surface area contributed by atoms with Gasteiger partial charge in [0, 0.05) is 39.9 Å². The van der Waals surface area contributed by atoms with E-state index in [-0.39, 0.29) is 34.1 Å². The molecule has 0 aromatic carbocycles. The molecule has 0 radical (unpaired) electrons. The number of nitrogens with zero attached hydrogens (tertiary/aromatic N) is 3. The lowest BCUT2D eigenvalue weighted by atomic mass is 10.0. The van der Waals surface area contributed by atoms with Gasteiger partial charge in [0.2, 0.25) is 5.91 Å². The van der Waals surface area contributed by atoms with Crippen LogP contribution in [0.3, 0.4) is 0 Å². The highest BCUT2D eigenvalue weighted by Crippen LogP contribution is 2.41. The molecule has 13 nitrogen and oxygen atoms in total. The molecule has 2 aliphatic rings. The highest BCUT2D eigenvalue weighted by molar-refractivity contribution is 8.01. The number of aromatic nitrogens is 2. The zero-order valence-corrected chi connectivity index (χ0v) is 30.1. The maximum atomic E-state index is 13.0. The Balaban J connectivity index is 1.27. The first-order chi connectivity index (χ1) is 22.6. The predicted molar refractivity (Wildman–Crippen MR) is 182 cm³/mol. The van der Waals surface area contributed by atoms with Crippen LogP contribution in [0.4, 0.5) is 4.79 Å². The zero-order valence-electron chi connectivity index (χ0n) is 26.1. The van der Waals surface area contributed by atoms with Crippen LogP contribution in [-0.2, 0) is 30.5 Å². The molecular weight excluding hydrogens is 725 g/mol. The second-order valence-electron chi connectivity index (χ2n) is 11.7. The number of nitrogens with one attached hydrogen (secondary N) is 2. The van der Waals surface area contributed by atoms with Crippen molar-refractivity contribution >= 4 is 88.3 Å². The van der Waals surface area contributed by atoms with Gasteiger partial charge < -0.3 is 25.6 Å². The van der Waals surface area contributed by atoms with Gasteiger partial charge in [-0.15, -0.1) is 35.3 Å². The van der Waals surface area contributed by atoms with Crippen molar-refractivity contribution in [2.75, 3.05) is 17.3 Å². The van der Waals surface area contributed by atoms with Crippen molar-refractivity contribution < 1.29 is 43.5 Å². The standard InChI is InChI=1S/C30H33Cl2N5O8S3/c1-30(2,3)45-29(44)33-19(27(40)41)5-4-8-36-9-6-17(7-10-36)46-13-16-14-48-26-23(25(39)37(26)24(16)28(42)43)35-22(38)15-47-18-11-20(31)34-21(32)12-18/h6-7,9-12,19,23,26H,4-5,8,13-15H2,1-3H3,(H3-,33,35,38,40,41,42,43,44)/p+1/t19-,23+,26+/m0/s1. The van der Waals surface area contributed by atoms with Gasteiger partial charge in [-0.2, -0.15) is 0 Å². The largest absolute Gasteiger partial charge is 0.480 e. The first-order valence-corrected chi connectivity index (χ1v) is 18.4. The molecule has 0 unspecified atom stereocenters. The quantitative estimate of drug-likeness (QED) is 0.0942. The fourth-order valence-corrected chi connectivity index (χ4v) is 8.46. The predicted octanol–water partition coefficient (Wildman–Crippen LogP) is 4.06. The van der Waals surface area contributed by atoms with Gasteiger partial charge in [0.1, 0.15) is 45.6 Å². The molecule has 3 atom stereocenters. The number of alkyl carbamates (subject to hydrolysis) is 1. The zero-order chi connectivity index (χ0) is 35.2. The molecule has 4 rings (SSSR count). The number of fused-ring (bicyclic) bond motifs is 1. The van der Waals surface area contributed by atoms with E-state index in [1.807, 2.05) is 29.1 Å². The van der Waals surface area contributed by atoms with Gasteiger partial charge in [0.05, 0.1) is 5.75 Å². The molecule has 4 N–H and O–H groups in total. The smallest absolute Gasteiger partial charge is 0.408 e. The fourth-order valence-electron chi connectivity index (χ4n) is 4.73. The van der Waals surface area contributed by atoms with E-state index in [1.54, 1.807) is 32.9 Å². The van der Waals surface area contributed by atoms with Crippen LogP contribution in [0.2, 0.25) is 10.3 Å². The molecule has 48 heavy (non-hydrogen) atoms. The summed E-state index contributed by atoms with van der Waals surface area (Å²) in [4.78, 5) is 68.1. The number of carboxylic acid groups (broad SMARTS) is 2. The van der Waals surface area contributed by atoms with Crippen LogP contribution in [0.15, 0.2) is 57.7 Å². The number of hydrogen-bond donors (Lipinski definition) is 4. The van der Waals surface area contributed by atoms with Gasteiger partial charge in [-0.25, -0.2) is 23.9 Å². The number of rotatable bonds is 14. The number of pyridine rings is 2. The number of aliphatic carboxylic acids is 2. The third-order valence-electron chi connectivity index (χ3n) is 6.84. The maximum absolute atomic E-state index is 13.0. The number of amides is 3. The molecule has 258 valence electrons. The number of hydrogen-bond acceptors (Lipinski definition) is 10. The second-order valence-corrected chi connectivity index (χ2v) is 15.7. The summed E-state index contributed by atoms with van der Waals surface area (Å²) in [5.41, 5.74) is -0.200. The minimum absolute atomic E-state index is 0.00654. The normalized spacial score (nSPS) is 18.0. The van der Waals surface area contributed by atoms with E-state index in [1.165, 1.54) is 40.2 Å². The van der Waals surface area contributed by atoms with Gasteiger partial charge in [0.25, 0.3) is 5.91 Å². The van der Waals surface area contributed by atoms with Crippen molar-refractivity contribution in [1.82, 2.24) is 20.5 Å². The summed E-state index contributed by atoms with van der Waals surface area (Å²) in [7, 11) is 0. The van der Waals surface area contributed by atoms with Crippen molar-refractivity contribution in [2.24, 2.45) is 0 Å². The summed E-state index contributed by atoms with van der Waals surface area (Å²) >= 11 is 15.8. The molecule has 2 aromatic heterocycles. The van der Waals surface area contributed by atoms with Gasteiger partial charge in [0.15, 0.2) is 12.4 Å². The van der Waals surface area contributed by atoms with E-state index in [2.05, 4.69) is 15.6 Å². The van der Waals surface area contributed by atoms with Crippen molar-refractivity contribution in [1.29, 1.82) is 0 Å². The van der Waals surface area contributed by atoms with E-state index in [9.17, 15) is 34.2 Å². The van der Waals surface area contributed by atoms with Crippen molar-refractivity contribution in [3.63, 3.8) is 0 Å². The average molecular weight is 760 g/mol. The molecule has 0 spiro atoms. The number of carboxylic acids is 2. The Morgan fingerprint density at radius 2 is 1.79 bits per heavy atom. The van der Waals surface area contributed by atoms with Crippen LogP contribution in [0.5, 0.6) is 0 Å². The third kappa shape index (κ3) is 10.4. The van der Waals surface area contributed by atoms with E-state index < -0.39 is 47.0 Å². The van der Waals surface area contributed by atoms with Crippen LogP contribution in [0, 0.1) is 0 Å². The molecule has 1 saturated heterocycles. The Labute approximate surface area is 299 Å². The van der Waals surface area contributed by atoms with Gasteiger partial charge >= 0.3 is 18.0 Å². The lowest BCUT2D eigenvalue weighted by Crippen LogP contribution is -2.70. The third-order valence-corrected chi connectivity index (χ3v) is 10.6. The van der Waals surface area contributed by atoms with E-state index in [4.69, 9.17) is 27.9 Å². The summed E-state index contributed by atoms with van der Waals surface area (Å²) < 4.78 is 7.03. The molecule has 0 aliphatic carbocycles. The summed E-state index contributed by atoms with van der Waals surface area (Å²) in [5.74, 6) is -2.48. The number of aryl methyl sites for hydroxylation is 1. The highest BCUT2D eigenvalue weighted by Gasteiger charge is 2.54. The Morgan fingerprint density at radius 1 is 1.12 bits per heavy atom. The monoisotopic (exact) mass is 758 g/mol. The first-order valence-electron chi connectivity index (χ1n) is 14.6. The fraction of sp³-hybridized carbons (Fsp3) is 0.433. The van der Waals surface area contributed by atoms with E-state index >= 15 is 0 Å². The van der Waals surface area contributed by atoms with E-state index in [0.717, 1.165) is 4.90 Å². The summed E-state index contributed by atoms with van der Waals surface area (Å²) in [6.45, 7) is 5.59. The number of thioether (sulfide) groups is 3. The van der Waals surface area contributed by atoms with Crippen LogP contribution in [-0.4, -0.2) is 90.3 Å². The van der Waals surface area contributed by atoms with Crippen molar-refractivity contribution in [2.45, 2.75) is 73.0 Å². The van der Waals surface area contributed by atoms with Crippen molar-refractivity contribution in [3.8, 4) is 0 Å². The second kappa shape index (κ2) is 16.5. The van der Waals surface area contributed by atoms with Crippen LogP contribution < -0.4 is 15.2 Å². The van der Waals surface area contributed by atoms with Gasteiger partial charge in [-0.05, 0) is 44.9 Å². The van der Waals surface area contributed by atoms with Crippen LogP contribution >= 0.6 is 58.5 Å². The Morgan fingerprint density at radius 3 is 2.40 bits per heavy atom. The average Bonchev–Trinajstić information content (AvgIpc) is 2.99. The van der Waals surface area contributed by atoms with Crippen LogP contribution in [0.25, 0.3) is 0 Å². The molecule has 2 aromatic rings. The minimum Gasteiger partial charge on any atom is -0.480 e. The number of carbonyl (C=O) groups is 5. The molecule has 1 fully saturated rings. The summed E-state index contributed by atoms with van der Waals surface area (Å²) in [5, 5.41) is 24.4. The van der Waals surface area contributed by atoms with Crippen molar-refractivity contribution in [3.05, 3.63) is 58.2 Å². The SMILES string of the molecule is CC(C)(C)OC(=O)N[C@@H](CCC[n+]1ccc(SCC2=C(C(=O)O)N3C(=O)[C@@H](NC(=O)CSc4cc(Cl)nc(Cl)c4)[C@H]3SC2)cc1)C(=O)O. The number of β-lactam (4-membered cyclic amide) rings is 1. The first kappa shape index (κ1) is 37.6. The Kier molecular flexibility index (Phi) is 12.9. The van der Waals surface area contributed by atoms with Crippen LogP contribution in [0.1, 0.15) is 33.6 Å². The number of halogens is 2. The number of ether oxygens (including phenoxy) is 1. The molecule has 0 bridgehead atoms. The minimum atomic E-state index is -1.21. The van der Waals surface area contributed by atoms with Gasteiger partial charge in [-0.1, -0.05) is 23.2 Å². The maximum Gasteiger partial charge on any atom is 0.408 e. The molecular formula is C30H34Cl2N5O8S3+.